The van der Waals surface area contributed by atoms with Crippen molar-refractivity contribution in [2.75, 3.05) is 19.4 Å². The molecule has 1 amide bonds. The first kappa shape index (κ1) is 13.8. The summed E-state index contributed by atoms with van der Waals surface area (Å²) in [4.78, 5) is 17.6. The van der Waals surface area contributed by atoms with Crippen LogP contribution < -0.4 is 11.1 Å². The smallest absolute Gasteiger partial charge is 0.254 e. The fraction of sp³-hybridized carbons (Fsp3) is 0.571. The molecule has 0 spiro atoms. The molecule has 1 aromatic rings. The molecular formula is C14H22N4O. The molecule has 19 heavy (non-hydrogen) atoms. The molecule has 0 saturated heterocycles. The molecule has 1 aliphatic rings. The van der Waals surface area contributed by atoms with Crippen LogP contribution in [0.25, 0.3) is 0 Å². The Morgan fingerprint density at radius 2 is 2.11 bits per heavy atom. The molecule has 1 heterocycles. The van der Waals surface area contributed by atoms with Gasteiger partial charge in [-0.15, -0.1) is 0 Å². The predicted octanol–water partition coefficient (Wildman–Crippen LogP) is 1.47. The first-order valence-corrected chi connectivity index (χ1v) is 6.78. The summed E-state index contributed by atoms with van der Waals surface area (Å²) in [5, 5.41) is 3.36. The van der Waals surface area contributed by atoms with Crippen molar-refractivity contribution in [1.82, 2.24) is 9.88 Å². The lowest BCUT2D eigenvalue weighted by molar-refractivity contribution is 0.0827. The molecule has 1 fully saturated rings. The Morgan fingerprint density at radius 1 is 1.37 bits per heavy atom. The summed E-state index contributed by atoms with van der Waals surface area (Å²) in [5.74, 6) is 0.756. The molecule has 0 bridgehead atoms. The van der Waals surface area contributed by atoms with Crippen LogP contribution >= 0.6 is 0 Å². The van der Waals surface area contributed by atoms with Crippen LogP contribution in [0, 0.1) is 0 Å². The van der Waals surface area contributed by atoms with Gasteiger partial charge in [0.1, 0.15) is 5.82 Å². The second-order valence-corrected chi connectivity index (χ2v) is 5.33. The fourth-order valence-corrected chi connectivity index (χ4v) is 2.39. The molecule has 2 atom stereocenters. The van der Waals surface area contributed by atoms with Crippen LogP contribution in [0.4, 0.5) is 5.82 Å². The van der Waals surface area contributed by atoms with E-state index in [-0.39, 0.29) is 18.0 Å². The normalized spacial score (nSPS) is 22.9. The molecule has 0 aromatic carbocycles. The van der Waals surface area contributed by atoms with Crippen LogP contribution in [-0.4, -0.2) is 42.0 Å². The van der Waals surface area contributed by atoms with Gasteiger partial charge in [-0.3, -0.25) is 4.79 Å². The van der Waals surface area contributed by atoms with Crippen molar-refractivity contribution in [2.45, 2.75) is 37.8 Å². The highest BCUT2D eigenvalue weighted by atomic mass is 16.2. The molecule has 5 heteroatoms. The summed E-state index contributed by atoms with van der Waals surface area (Å²) in [6.07, 6.45) is 6.18. The SMILES string of the molecule is CN(C)C(=O)c1ccc(N[C@@H]2CCCC[C@H]2N)nc1. The van der Waals surface area contributed by atoms with Crippen molar-refractivity contribution in [2.24, 2.45) is 5.73 Å². The number of hydrogen-bond acceptors (Lipinski definition) is 4. The van der Waals surface area contributed by atoms with Crippen molar-refractivity contribution in [3.63, 3.8) is 0 Å². The molecular weight excluding hydrogens is 240 g/mol. The number of amides is 1. The first-order chi connectivity index (χ1) is 9.08. The zero-order valence-corrected chi connectivity index (χ0v) is 11.6. The van der Waals surface area contributed by atoms with E-state index >= 15 is 0 Å². The van der Waals surface area contributed by atoms with Crippen molar-refractivity contribution < 1.29 is 4.79 Å². The molecule has 1 saturated carbocycles. The zero-order chi connectivity index (χ0) is 13.8. The highest BCUT2D eigenvalue weighted by Crippen LogP contribution is 2.20. The fourth-order valence-electron chi connectivity index (χ4n) is 2.39. The number of carbonyl (C=O) groups is 1. The number of carbonyl (C=O) groups excluding carboxylic acids is 1. The van der Waals surface area contributed by atoms with Crippen LogP contribution in [0.1, 0.15) is 36.0 Å². The van der Waals surface area contributed by atoms with Crippen molar-refractivity contribution in [1.29, 1.82) is 0 Å². The molecule has 0 radical (unpaired) electrons. The average molecular weight is 262 g/mol. The predicted molar refractivity (Wildman–Crippen MR) is 76.1 cm³/mol. The lowest BCUT2D eigenvalue weighted by Gasteiger charge is -2.29. The molecule has 1 aliphatic carbocycles. The van der Waals surface area contributed by atoms with Gasteiger partial charge in [0.05, 0.1) is 5.56 Å². The van der Waals surface area contributed by atoms with Crippen LogP contribution in [-0.2, 0) is 0 Å². The summed E-state index contributed by atoms with van der Waals surface area (Å²) < 4.78 is 0. The molecule has 0 unspecified atom stereocenters. The Balaban J connectivity index is 2.00. The summed E-state index contributed by atoms with van der Waals surface area (Å²) >= 11 is 0. The van der Waals surface area contributed by atoms with E-state index < -0.39 is 0 Å². The third-order valence-electron chi connectivity index (χ3n) is 3.57. The Morgan fingerprint density at radius 3 is 2.68 bits per heavy atom. The lowest BCUT2D eigenvalue weighted by Crippen LogP contribution is -2.42. The van der Waals surface area contributed by atoms with E-state index in [1.54, 1.807) is 31.3 Å². The van der Waals surface area contributed by atoms with E-state index in [0.717, 1.165) is 18.7 Å². The third kappa shape index (κ3) is 3.44. The maximum Gasteiger partial charge on any atom is 0.254 e. The van der Waals surface area contributed by atoms with Crippen LogP contribution in [0.2, 0.25) is 0 Å². The van der Waals surface area contributed by atoms with Gasteiger partial charge in [0.2, 0.25) is 0 Å². The van der Waals surface area contributed by atoms with E-state index in [1.807, 2.05) is 6.07 Å². The molecule has 1 aromatic heterocycles. The Hall–Kier alpha value is -1.62. The Labute approximate surface area is 114 Å². The van der Waals surface area contributed by atoms with Crippen molar-refractivity contribution in [3.8, 4) is 0 Å². The highest BCUT2D eigenvalue weighted by molar-refractivity contribution is 5.93. The minimum absolute atomic E-state index is 0.0339. The van der Waals surface area contributed by atoms with Gasteiger partial charge < -0.3 is 16.0 Å². The lowest BCUT2D eigenvalue weighted by atomic mass is 9.91. The number of hydrogen-bond donors (Lipinski definition) is 2. The van der Waals surface area contributed by atoms with Crippen molar-refractivity contribution in [3.05, 3.63) is 23.9 Å². The maximum absolute atomic E-state index is 11.7. The highest BCUT2D eigenvalue weighted by Gasteiger charge is 2.21. The summed E-state index contributed by atoms with van der Waals surface area (Å²) in [6.45, 7) is 0. The monoisotopic (exact) mass is 262 g/mol. The Kier molecular flexibility index (Phi) is 4.37. The number of aromatic nitrogens is 1. The van der Waals surface area contributed by atoms with Crippen molar-refractivity contribution >= 4 is 11.7 Å². The molecule has 5 nitrogen and oxygen atoms in total. The summed E-state index contributed by atoms with van der Waals surface area (Å²) in [6, 6.07) is 4.12. The molecule has 2 rings (SSSR count). The van der Waals surface area contributed by atoms with Gasteiger partial charge in [-0.05, 0) is 25.0 Å². The zero-order valence-electron chi connectivity index (χ0n) is 11.6. The number of nitrogens with zero attached hydrogens (tertiary/aromatic N) is 2. The van der Waals surface area contributed by atoms with Gasteiger partial charge >= 0.3 is 0 Å². The largest absolute Gasteiger partial charge is 0.366 e. The first-order valence-electron chi connectivity index (χ1n) is 6.78. The van der Waals surface area contributed by atoms with E-state index in [2.05, 4.69) is 10.3 Å². The topological polar surface area (TPSA) is 71.2 Å². The standard InChI is InChI=1S/C14H22N4O/c1-18(2)14(19)10-7-8-13(16-9-10)17-12-6-4-3-5-11(12)15/h7-9,11-12H,3-6,15H2,1-2H3,(H,16,17)/t11-,12-/m1/s1. The summed E-state index contributed by atoms with van der Waals surface area (Å²) in [7, 11) is 3.46. The molecule has 3 N–H and O–H groups in total. The van der Waals surface area contributed by atoms with Crippen LogP contribution in [0.15, 0.2) is 18.3 Å². The number of nitrogens with one attached hydrogen (secondary N) is 1. The minimum atomic E-state index is -0.0339. The number of anilines is 1. The van der Waals surface area contributed by atoms with Crippen LogP contribution in [0.3, 0.4) is 0 Å². The van der Waals surface area contributed by atoms with Crippen LogP contribution in [0.5, 0.6) is 0 Å². The molecule has 0 aliphatic heterocycles. The summed E-state index contributed by atoms with van der Waals surface area (Å²) in [5.41, 5.74) is 6.69. The van der Waals surface area contributed by atoms with Gasteiger partial charge in [0.25, 0.3) is 5.91 Å². The quantitative estimate of drug-likeness (QED) is 0.865. The average Bonchev–Trinajstić information content (AvgIpc) is 2.41. The number of pyridine rings is 1. The van der Waals surface area contributed by atoms with Gasteiger partial charge in [0.15, 0.2) is 0 Å². The second kappa shape index (κ2) is 6.02. The van der Waals surface area contributed by atoms with E-state index in [0.29, 0.717) is 5.56 Å². The Bertz CT molecular complexity index is 430. The van der Waals surface area contributed by atoms with Gasteiger partial charge in [0, 0.05) is 32.4 Å². The number of nitrogens with two attached hydrogens (primary N) is 1. The van der Waals surface area contributed by atoms with E-state index in [4.69, 9.17) is 5.73 Å². The van der Waals surface area contributed by atoms with Gasteiger partial charge in [-0.2, -0.15) is 0 Å². The van der Waals surface area contributed by atoms with E-state index in [1.165, 1.54) is 12.8 Å². The van der Waals surface area contributed by atoms with Gasteiger partial charge in [-0.25, -0.2) is 4.98 Å². The maximum atomic E-state index is 11.7. The second-order valence-electron chi connectivity index (χ2n) is 5.33. The minimum Gasteiger partial charge on any atom is -0.366 e. The molecule has 104 valence electrons. The van der Waals surface area contributed by atoms with Gasteiger partial charge in [-0.1, -0.05) is 12.8 Å². The number of rotatable bonds is 3. The van der Waals surface area contributed by atoms with E-state index in [9.17, 15) is 4.79 Å². The third-order valence-corrected chi connectivity index (χ3v) is 3.57.